The minimum absolute atomic E-state index is 0.133. The van der Waals surface area contributed by atoms with Crippen molar-refractivity contribution in [2.75, 3.05) is 6.54 Å². The zero-order valence-electron chi connectivity index (χ0n) is 10.2. The van der Waals surface area contributed by atoms with Crippen LogP contribution < -0.4 is 5.32 Å². The van der Waals surface area contributed by atoms with E-state index in [9.17, 15) is 10.2 Å². The van der Waals surface area contributed by atoms with Crippen LogP contribution >= 0.6 is 0 Å². The molecule has 2 unspecified atom stereocenters. The van der Waals surface area contributed by atoms with Crippen molar-refractivity contribution < 1.29 is 19.7 Å². The third-order valence-electron chi connectivity index (χ3n) is 3.38. The van der Waals surface area contributed by atoms with Crippen molar-refractivity contribution in [1.29, 1.82) is 0 Å². The number of β-amino-alcohol motifs (C(OH)–C–C–N with tert-alkyl or cyclic N) is 1. The molecular formula is C14H15NO4. The van der Waals surface area contributed by atoms with Crippen LogP contribution in [0.2, 0.25) is 0 Å². The first kappa shape index (κ1) is 12.2. The van der Waals surface area contributed by atoms with Crippen LogP contribution in [0.5, 0.6) is 5.75 Å². The zero-order chi connectivity index (χ0) is 13.4. The summed E-state index contributed by atoms with van der Waals surface area (Å²) in [5.41, 5.74) is 1.57. The summed E-state index contributed by atoms with van der Waals surface area (Å²) in [6.45, 7) is 0.244. The number of aromatic hydroxyl groups is 1. The number of rotatable bonds is 2. The maximum Gasteiger partial charge on any atom is 0.129 e. The number of aliphatic hydroxyl groups excluding tert-OH is 2. The smallest absolute Gasteiger partial charge is 0.129 e. The van der Waals surface area contributed by atoms with Crippen molar-refractivity contribution in [3.05, 3.63) is 53.0 Å². The number of hydrogen-bond acceptors (Lipinski definition) is 5. The zero-order valence-corrected chi connectivity index (χ0v) is 10.2. The molecule has 0 fully saturated rings. The van der Waals surface area contributed by atoms with Crippen LogP contribution in [0.3, 0.4) is 0 Å². The molecule has 0 amide bonds. The van der Waals surface area contributed by atoms with Gasteiger partial charge in [0.25, 0.3) is 0 Å². The molecule has 0 saturated heterocycles. The predicted molar refractivity (Wildman–Crippen MR) is 67.5 cm³/mol. The van der Waals surface area contributed by atoms with Crippen LogP contribution in [0.25, 0.3) is 0 Å². The molecule has 0 bridgehead atoms. The molecule has 1 aromatic carbocycles. The first-order valence-electron chi connectivity index (χ1n) is 6.13. The molecule has 2 heterocycles. The molecule has 0 saturated carbocycles. The van der Waals surface area contributed by atoms with Gasteiger partial charge in [-0.1, -0.05) is 6.07 Å². The SMILES string of the molecule is OCc1ccc(C2NCC(O)c3cc(O)ccc32)o1. The highest BCUT2D eigenvalue weighted by atomic mass is 16.4. The molecule has 19 heavy (non-hydrogen) atoms. The first-order valence-corrected chi connectivity index (χ1v) is 6.13. The van der Waals surface area contributed by atoms with E-state index in [2.05, 4.69) is 5.32 Å². The molecule has 4 N–H and O–H groups in total. The third-order valence-corrected chi connectivity index (χ3v) is 3.38. The van der Waals surface area contributed by atoms with Gasteiger partial charge in [0.2, 0.25) is 0 Å². The average molecular weight is 261 g/mol. The fourth-order valence-electron chi connectivity index (χ4n) is 2.45. The highest BCUT2D eigenvalue weighted by molar-refractivity contribution is 5.42. The maximum absolute atomic E-state index is 9.96. The van der Waals surface area contributed by atoms with Gasteiger partial charge in [-0.25, -0.2) is 0 Å². The summed E-state index contributed by atoms with van der Waals surface area (Å²) in [4.78, 5) is 0. The Morgan fingerprint density at radius 2 is 2.05 bits per heavy atom. The molecule has 1 aliphatic rings. The Hall–Kier alpha value is -1.82. The molecule has 100 valence electrons. The Bertz CT molecular complexity index is 593. The molecule has 2 atom stereocenters. The Kier molecular flexibility index (Phi) is 3.02. The number of phenolic OH excluding ortho intramolecular Hbond substituents is 1. The number of hydrogen-bond donors (Lipinski definition) is 4. The van der Waals surface area contributed by atoms with E-state index in [1.807, 2.05) is 0 Å². The average Bonchev–Trinajstić information content (AvgIpc) is 2.88. The van der Waals surface area contributed by atoms with Gasteiger partial charge in [0.15, 0.2) is 0 Å². The monoisotopic (exact) mass is 261 g/mol. The van der Waals surface area contributed by atoms with E-state index in [4.69, 9.17) is 9.52 Å². The number of fused-ring (bicyclic) bond motifs is 1. The summed E-state index contributed by atoms with van der Waals surface area (Å²) in [5, 5.41) is 31.7. The molecule has 1 aromatic heterocycles. The summed E-state index contributed by atoms with van der Waals surface area (Å²) in [6, 6.07) is 8.27. The number of furan rings is 1. The summed E-state index contributed by atoms with van der Waals surface area (Å²) < 4.78 is 5.54. The van der Waals surface area contributed by atoms with Gasteiger partial charge in [0, 0.05) is 6.54 Å². The maximum atomic E-state index is 9.96. The summed E-state index contributed by atoms with van der Waals surface area (Å²) in [6.07, 6.45) is -0.648. The van der Waals surface area contributed by atoms with Gasteiger partial charge in [-0.3, -0.25) is 0 Å². The normalized spacial score (nSPS) is 22.2. The Balaban J connectivity index is 2.03. The van der Waals surface area contributed by atoms with Gasteiger partial charge >= 0.3 is 0 Å². The predicted octanol–water partition coefficient (Wildman–Crippen LogP) is 1.20. The second-order valence-electron chi connectivity index (χ2n) is 4.63. The lowest BCUT2D eigenvalue weighted by atomic mass is 9.91. The topological polar surface area (TPSA) is 85.9 Å². The Morgan fingerprint density at radius 1 is 1.21 bits per heavy atom. The van der Waals surface area contributed by atoms with Crippen LogP contribution in [0.4, 0.5) is 0 Å². The van der Waals surface area contributed by atoms with Crippen molar-refractivity contribution in [3.63, 3.8) is 0 Å². The highest BCUT2D eigenvalue weighted by Gasteiger charge is 2.28. The van der Waals surface area contributed by atoms with E-state index >= 15 is 0 Å². The molecule has 0 radical (unpaired) electrons. The molecule has 5 nitrogen and oxygen atoms in total. The Labute approximate surface area is 110 Å². The Morgan fingerprint density at radius 3 is 2.79 bits per heavy atom. The number of aliphatic hydroxyl groups is 2. The van der Waals surface area contributed by atoms with E-state index in [0.29, 0.717) is 23.6 Å². The molecule has 5 heteroatoms. The first-order chi connectivity index (χ1) is 9.19. The minimum Gasteiger partial charge on any atom is -0.508 e. The van der Waals surface area contributed by atoms with Gasteiger partial charge in [0.05, 0.1) is 12.1 Å². The van der Waals surface area contributed by atoms with E-state index in [-0.39, 0.29) is 18.4 Å². The van der Waals surface area contributed by atoms with Crippen molar-refractivity contribution in [1.82, 2.24) is 5.32 Å². The van der Waals surface area contributed by atoms with Gasteiger partial charge < -0.3 is 25.1 Å². The largest absolute Gasteiger partial charge is 0.508 e. The molecule has 0 spiro atoms. The van der Waals surface area contributed by atoms with Crippen LogP contribution in [0, 0.1) is 0 Å². The second kappa shape index (κ2) is 4.70. The summed E-state index contributed by atoms with van der Waals surface area (Å²) >= 11 is 0. The van der Waals surface area contributed by atoms with Crippen molar-refractivity contribution in [2.45, 2.75) is 18.8 Å². The van der Waals surface area contributed by atoms with Gasteiger partial charge in [-0.05, 0) is 35.4 Å². The lowest BCUT2D eigenvalue weighted by Crippen LogP contribution is -2.33. The van der Waals surface area contributed by atoms with E-state index in [1.165, 1.54) is 0 Å². The van der Waals surface area contributed by atoms with Crippen molar-refractivity contribution >= 4 is 0 Å². The van der Waals surface area contributed by atoms with Crippen molar-refractivity contribution in [3.8, 4) is 5.75 Å². The lowest BCUT2D eigenvalue weighted by molar-refractivity contribution is 0.157. The van der Waals surface area contributed by atoms with Crippen LogP contribution in [-0.4, -0.2) is 21.9 Å². The quantitative estimate of drug-likeness (QED) is 0.652. The van der Waals surface area contributed by atoms with Gasteiger partial charge in [0.1, 0.15) is 23.9 Å². The van der Waals surface area contributed by atoms with Crippen LogP contribution in [0.15, 0.2) is 34.7 Å². The van der Waals surface area contributed by atoms with Crippen LogP contribution in [0.1, 0.15) is 34.8 Å². The van der Waals surface area contributed by atoms with Crippen LogP contribution in [-0.2, 0) is 6.61 Å². The standard InChI is InChI=1S/C14H15NO4/c16-7-9-2-4-13(19-9)14-10-3-1-8(17)5-11(10)12(18)6-15-14/h1-5,12,14-18H,6-7H2. The summed E-state index contributed by atoms with van der Waals surface area (Å²) in [7, 11) is 0. The molecule has 3 rings (SSSR count). The van der Waals surface area contributed by atoms with E-state index in [1.54, 1.807) is 30.3 Å². The number of phenols is 1. The fourth-order valence-corrected chi connectivity index (χ4v) is 2.45. The van der Waals surface area contributed by atoms with Gasteiger partial charge in [-0.2, -0.15) is 0 Å². The van der Waals surface area contributed by atoms with Crippen molar-refractivity contribution in [2.24, 2.45) is 0 Å². The molecule has 2 aromatic rings. The molecule has 1 aliphatic heterocycles. The lowest BCUT2D eigenvalue weighted by Gasteiger charge is -2.29. The van der Waals surface area contributed by atoms with E-state index in [0.717, 1.165) is 5.56 Å². The van der Waals surface area contributed by atoms with Gasteiger partial charge in [-0.15, -0.1) is 0 Å². The summed E-state index contributed by atoms with van der Waals surface area (Å²) in [5.74, 6) is 1.32. The highest BCUT2D eigenvalue weighted by Crippen LogP contribution is 2.35. The molecule has 0 aliphatic carbocycles. The molecular weight excluding hydrogens is 246 g/mol. The minimum atomic E-state index is -0.648. The third kappa shape index (κ3) is 2.12. The second-order valence-corrected chi connectivity index (χ2v) is 4.63. The van der Waals surface area contributed by atoms with E-state index < -0.39 is 6.10 Å². The number of nitrogens with one attached hydrogen (secondary N) is 1. The number of benzene rings is 1. The fraction of sp³-hybridized carbons (Fsp3) is 0.286.